The molecular formula is C26H53NO7. The van der Waals surface area contributed by atoms with E-state index in [9.17, 15) is 9.90 Å². The van der Waals surface area contributed by atoms with Crippen molar-refractivity contribution < 1.29 is 34.7 Å². The molecule has 8 nitrogen and oxygen atoms in total. The molecule has 0 heterocycles. The van der Waals surface area contributed by atoms with Crippen molar-refractivity contribution in [3.05, 3.63) is 0 Å². The fourth-order valence-corrected chi connectivity index (χ4v) is 4.04. The Labute approximate surface area is 207 Å². The van der Waals surface area contributed by atoms with Crippen molar-refractivity contribution in [2.24, 2.45) is 0 Å². The van der Waals surface area contributed by atoms with Crippen LogP contribution in [0.4, 0.5) is 0 Å². The normalized spacial score (nSPS) is 13.2. The van der Waals surface area contributed by atoms with Gasteiger partial charge in [-0.1, -0.05) is 71.1 Å². The molecule has 0 aliphatic carbocycles. The number of aliphatic hydroxyl groups excluding tert-OH is 4. The minimum Gasteiger partial charge on any atom is -0.395 e. The van der Waals surface area contributed by atoms with Gasteiger partial charge in [-0.15, -0.1) is 0 Å². The molecule has 8 heteroatoms. The summed E-state index contributed by atoms with van der Waals surface area (Å²) in [6.07, 6.45) is 13.3. The maximum atomic E-state index is 12.1. The van der Waals surface area contributed by atoms with E-state index in [1.807, 2.05) is 0 Å². The van der Waals surface area contributed by atoms with Crippen LogP contribution in [-0.2, 0) is 14.3 Å². The summed E-state index contributed by atoms with van der Waals surface area (Å²) in [6.45, 7) is 3.70. The molecule has 0 saturated carbocycles. The molecule has 0 saturated heterocycles. The molecule has 0 aromatic carbocycles. The minimum atomic E-state index is -0.467. The number of nitrogens with zero attached hydrogens (tertiary/aromatic N) is 1. The van der Waals surface area contributed by atoms with E-state index in [-0.39, 0.29) is 44.9 Å². The van der Waals surface area contributed by atoms with Gasteiger partial charge in [0.2, 0.25) is 5.91 Å². The molecule has 0 spiro atoms. The van der Waals surface area contributed by atoms with Gasteiger partial charge in [0.15, 0.2) is 0 Å². The molecule has 2 atom stereocenters. The summed E-state index contributed by atoms with van der Waals surface area (Å²) in [5.41, 5.74) is 0. The summed E-state index contributed by atoms with van der Waals surface area (Å²) in [6, 6.07) is 0. The van der Waals surface area contributed by atoms with Gasteiger partial charge in [0.05, 0.1) is 51.8 Å². The number of amides is 1. The molecule has 4 N–H and O–H groups in total. The van der Waals surface area contributed by atoms with Crippen molar-refractivity contribution in [1.29, 1.82) is 0 Å². The Balaban J connectivity index is 4.15. The average molecular weight is 492 g/mol. The lowest BCUT2D eigenvalue weighted by molar-refractivity contribution is -0.132. The van der Waals surface area contributed by atoms with Crippen LogP contribution in [-0.4, -0.2) is 96.2 Å². The maximum Gasteiger partial charge on any atom is 0.222 e. The van der Waals surface area contributed by atoms with Crippen molar-refractivity contribution in [1.82, 2.24) is 4.90 Å². The predicted octanol–water partition coefficient (Wildman–Crippen LogP) is 3.04. The van der Waals surface area contributed by atoms with Crippen LogP contribution in [0.15, 0.2) is 0 Å². The van der Waals surface area contributed by atoms with Gasteiger partial charge in [-0.2, -0.15) is 0 Å². The molecule has 0 radical (unpaired) electrons. The second-order valence-electron chi connectivity index (χ2n) is 9.00. The first-order chi connectivity index (χ1) is 16.6. The van der Waals surface area contributed by atoms with Crippen LogP contribution >= 0.6 is 0 Å². The Morgan fingerprint density at radius 2 is 1.32 bits per heavy atom. The van der Waals surface area contributed by atoms with E-state index in [0.717, 1.165) is 57.8 Å². The molecule has 0 aliphatic heterocycles. The van der Waals surface area contributed by atoms with Crippen molar-refractivity contribution in [3.8, 4) is 0 Å². The highest BCUT2D eigenvalue weighted by Crippen LogP contribution is 2.18. The highest BCUT2D eigenvalue weighted by Gasteiger charge is 2.19. The van der Waals surface area contributed by atoms with Gasteiger partial charge in [0, 0.05) is 19.5 Å². The minimum absolute atomic E-state index is 0.00339. The summed E-state index contributed by atoms with van der Waals surface area (Å²) in [5.74, 6) is -0.0159. The van der Waals surface area contributed by atoms with Crippen LogP contribution in [0.3, 0.4) is 0 Å². The van der Waals surface area contributed by atoms with Crippen LogP contribution < -0.4 is 0 Å². The number of hydrogen-bond acceptors (Lipinski definition) is 7. The third kappa shape index (κ3) is 19.5. The lowest BCUT2D eigenvalue weighted by Gasteiger charge is -2.24. The lowest BCUT2D eigenvalue weighted by Crippen LogP contribution is -2.35. The fourth-order valence-electron chi connectivity index (χ4n) is 4.04. The first-order valence-electron chi connectivity index (χ1n) is 13.6. The Bertz CT molecular complexity index is 433. The van der Waals surface area contributed by atoms with Gasteiger partial charge >= 0.3 is 0 Å². The van der Waals surface area contributed by atoms with E-state index < -0.39 is 6.10 Å². The molecule has 0 bridgehead atoms. The smallest absolute Gasteiger partial charge is 0.222 e. The molecular weight excluding hydrogens is 438 g/mol. The van der Waals surface area contributed by atoms with E-state index >= 15 is 0 Å². The molecule has 0 aromatic heterocycles. The van der Waals surface area contributed by atoms with Crippen LogP contribution in [0.25, 0.3) is 0 Å². The van der Waals surface area contributed by atoms with Crippen LogP contribution in [0.2, 0.25) is 0 Å². The number of hydrogen-bond donors (Lipinski definition) is 4. The van der Waals surface area contributed by atoms with Crippen LogP contribution in [0.1, 0.15) is 96.8 Å². The molecule has 0 rings (SSSR count). The Hall–Kier alpha value is -0.770. The van der Waals surface area contributed by atoms with E-state index in [0.29, 0.717) is 26.2 Å². The monoisotopic (exact) mass is 491 g/mol. The summed E-state index contributed by atoms with van der Waals surface area (Å²) in [7, 11) is 0. The maximum absolute atomic E-state index is 12.1. The first kappa shape index (κ1) is 33.2. The van der Waals surface area contributed by atoms with Gasteiger partial charge in [-0.3, -0.25) is 4.79 Å². The fraction of sp³-hybridized carbons (Fsp3) is 0.962. The molecule has 34 heavy (non-hydrogen) atoms. The van der Waals surface area contributed by atoms with Crippen molar-refractivity contribution in [2.45, 2.75) is 109 Å². The number of unbranched alkanes of at least 4 members (excludes halogenated alkanes) is 9. The second kappa shape index (κ2) is 25.3. The van der Waals surface area contributed by atoms with Gasteiger partial charge < -0.3 is 34.8 Å². The third-order valence-electron chi connectivity index (χ3n) is 6.05. The summed E-state index contributed by atoms with van der Waals surface area (Å²) in [5, 5.41) is 37.5. The van der Waals surface area contributed by atoms with E-state index in [1.54, 1.807) is 0 Å². The first-order valence-corrected chi connectivity index (χ1v) is 13.6. The zero-order chi connectivity index (χ0) is 25.3. The van der Waals surface area contributed by atoms with Crippen molar-refractivity contribution >= 4 is 5.91 Å². The van der Waals surface area contributed by atoms with Crippen LogP contribution in [0.5, 0.6) is 0 Å². The van der Waals surface area contributed by atoms with Gasteiger partial charge in [-0.25, -0.2) is 0 Å². The highest BCUT2D eigenvalue weighted by atomic mass is 16.5. The summed E-state index contributed by atoms with van der Waals surface area (Å²) in [4.78, 5) is 13.6. The van der Waals surface area contributed by atoms with E-state index in [1.165, 1.54) is 30.6 Å². The van der Waals surface area contributed by atoms with E-state index in [4.69, 9.17) is 24.8 Å². The number of aliphatic hydroxyl groups is 4. The van der Waals surface area contributed by atoms with Gasteiger partial charge in [0.1, 0.15) is 0 Å². The molecule has 2 unspecified atom stereocenters. The van der Waals surface area contributed by atoms with Gasteiger partial charge in [-0.05, 0) is 19.3 Å². The predicted molar refractivity (Wildman–Crippen MR) is 135 cm³/mol. The number of carbonyl (C=O) groups excluding carboxylic acids is 1. The summed E-state index contributed by atoms with van der Waals surface area (Å²) >= 11 is 0. The average Bonchev–Trinajstić information content (AvgIpc) is 2.83. The molecule has 1 amide bonds. The number of carbonyl (C=O) groups is 1. The van der Waals surface area contributed by atoms with Gasteiger partial charge in [0.25, 0.3) is 0 Å². The standard InChI is InChI=1S/C26H53NO7/c1-2-3-4-5-7-10-13-24(31)25(34-23-22-33-21-20-30)14-11-8-6-9-12-15-26(32)27(16-18-28)17-19-29/h24-25,28-31H,2-23H2,1H3. The Kier molecular flexibility index (Phi) is 24.8. The molecule has 204 valence electrons. The SMILES string of the molecule is CCCCCCCCC(O)C(CCCCCCCC(=O)N(CCO)CCO)OCCOCCO. The molecule has 0 aromatic rings. The summed E-state index contributed by atoms with van der Waals surface area (Å²) < 4.78 is 11.2. The lowest BCUT2D eigenvalue weighted by atomic mass is 9.99. The van der Waals surface area contributed by atoms with E-state index in [2.05, 4.69) is 6.92 Å². The largest absolute Gasteiger partial charge is 0.395 e. The molecule has 0 aliphatic rings. The third-order valence-corrected chi connectivity index (χ3v) is 6.05. The zero-order valence-corrected chi connectivity index (χ0v) is 21.7. The van der Waals surface area contributed by atoms with Crippen molar-refractivity contribution in [3.63, 3.8) is 0 Å². The second-order valence-corrected chi connectivity index (χ2v) is 9.00. The quantitative estimate of drug-likeness (QED) is 0.137. The zero-order valence-electron chi connectivity index (χ0n) is 21.7. The topological polar surface area (TPSA) is 120 Å². The number of rotatable bonds is 26. The number of ether oxygens (including phenoxy) is 2. The van der Waals surface area contributed by atoms with Crippen molar-refractivity contribution in [2.75, 3.05) is 52.7 Å². The Morgan fingerprint density at radius 1 is 0.735 bits per heavy atom. The Morgan fingerprint density at radius 3 is 1.94 bits per heavy atom. The highest BCUT2D eigenvalue weighted by molar-refractivity contribution is 5.76. The van der Waals surface area contributed by atoms with Crippen LogP contribution in [0, 0.1) is 0 Å². The molecule has 0 fully saturated rings.